The molecular weight excluding hydrogens is 460 g/mol. The van der Waals surface area contributed by atoms with E-state index in [0.717, 1.165) is 13.0 Å². The molecule has 1 unspecified atom stereocenters. The Morgan fingerprint density at radius 2 is 1.68 bits per heavy atom. The van der Waals surface area contributed by atoms with Crippen LogP contribution in [0.3, 0.4) is 0 Å². The Bertz CT molecular complexity index is 523. The summed E-state index contributed by atoms with van der Waals surface area (Å²) >= 11 is 4.77. The number of likely N-dealkylation sites (N-methyl/N-ethyl adjacent to an activating group) is 1. The van der Waals surface area contributed by atoms with Crippen LogP contribution in [0.25, 0.3) is 0 Å². The van der Waals surface area contributed by atoms with Crippen LogP contribution in [0.5, 0.6) is 0 Å². The summed E-state index contributed by atoms with van der Waals surface area (Å²) in [6.45, 7) is 3.15. The number of rotatable bonds is 5. The molecule has 0 fully saturated rings. The smallest absolute Gasteiger partial charge is 0.0371 e. The summed E-state index contributed by atoms with van der Waals surface area (Å²) in [5.41, 5.74) is 2.77. The van der Waals surface area contributed by atoms with Gasteiger partial charge in [0.25, 0.3) is 0 Å². The Labute approximate surface area is 142 Å². The van der Waals surface area contributed by atoms with Crippen molar-refractivity contribution in [2.45, 2.75) is 19.4 Å². The van der Waals surface area contributed by atoms with Crippen LogP contribution in [0.2, 0.25) is 0 Å². The summed E-state index contributed by atoms with van der Waals surface area (Å²) < 4.78 is 2.62. The molecule has 2 aromatic carbocycles. The molecule has 2 aromatic rings. The molecule has 0 bridgehead atoms. The Morgan fingerprint density at radius 1 is 1.00 bits per heavy atom. The molecule has 0 aliphatic carbocycles. The molecule has 1 nitrogen and oxygen atoms in total. The minimum Gasteiger partial charge on any atom is -0.310 e. The first kappa shape index (κ1) is 15.3. The van der Waals surface area contributed by atoms with E-state index >= 15 is 0 Å². The quantitative estimate of drug-likeness (QED) is 0.612. The molecular formula is C16H17I2N. The van der Waals surface area contributed by atoms with E-state index in [1.54, 1.807) is 0 Å². The highest BCUT2D eigenvalue weighted by Gasteiger charge is 2.13. The van der Waals surface area contributed by atoms with E-state index < -0.39 is 0 Å². The van der Waals surface area contributed by atoms with Gasteiger partial charge < -0.3 is 5.32 Å². The van der Waals surface area contributed by atoms with E-state index in [1.807, 2.05) is 0 Å². The van der Waals surface area contributed by atoms with Crippen molar-refractivity contribution in [2.75, 3.05) is 6.54 Å². The highest BCUT2D eigenvalue weighted by Crippen LogP contribution is 2.23. The van der Waals surface area contributed by atoms with Gasteiger partial charge in [-0.3, -0.25) is 0 Å². The molecule has 0 aliphatic heterocycles. The normalized spacial score (nSPS) is 12.4. The molecule has 1 N–H and O–H groups in total. The van der Waals surface area contributed by atoms with Crippen LogP contribution in [-0.4, -0.2) is 6.54 Å². The first-order chi connectivity index (χ1) is 9.20. The van der Waals surface area contributed by atoms with E-state index in [0.29, 0.717) is 6.04 Å². The third-order valence-electron chi connectivity index (χ3n) is 3.08. The monoisotopic (exact) mass is 477 g/mol. The molecule has 0 aromatic heterocycles. The maximum atomic E-state index is 3.60. The second-order valence-electron chi connectivity index (χ2n) is 4.46. The fourth-order valence-corrected chi connectivity index (χ4v) is 3.28. The van der Waals surface area contributed by atoms with Crippen LogP contribution in [0.4, 0.5) is 0 Å². The van der Waals surface area contributed by atoms with Crippen molar-refractivity contribution in [3.05, 3.63) is 66.8 Å². The van der Waals surface area contributed by atoms with Gasteiger partial charge in [0.2, 0.25) is 0 Å². The molecule has 0 amide bonds. The number of nitrogens with one attached hydrogen (secondary N) is 1. The average molecular weight is 477 g/mol. The SMILES string of the molecule is CCNC(Cc1ccc(I)cc1)c1ccccc1I. The summed E-state index contributed by atoms with van der Waals surface area (Å²) in [6.07, 6.45) is 1.03. The zero-order chi connectivity index (χ0) is 13.7. The third-order valence-corrected chi connectivity index (χ3v) is 4.79. The lowest BCUT2D eigenvalue weighted by Crippen LogP contribution is -2.23. The van der Waals surface area contributed by atoms with Gasteiger partial charge in [0.05, 0.1) is 0 Å². The van der Waals surface area contributed by atoms with E-state index in [4.69, 9.17) is 0 Å². The molecule has 0 aliphatic rings. The van der Waals surface area contributed by atoms with Gasteiger partial charge in [0.15, 0.2) is 0 Å². The standard InChI is InChI=1S/C16H17I2N/c1-2-19-16(14-5-3-4-6-15(14)18)11-12-7-9-13(17)10-8-12/h3-10,16,19H,2,11H2,1H3. The maximum absolute atomic E-state index is 3.60. The van der Waals surface area contributed by atoms with E-state index in [1.165, 1.54) is 18.3 Å². The Morgan fingerprint density at radius 3 is 2.32 bits per heavy atom. The number of hydrogen-bond donors (Lipinski definition) is 1. The van der Waals surface area contributed by atoms with Gasteiger partial charge in [-0.05, 0) is 87.5 Å². The van der Waals surface area contributed by atoms with Crippen LogP contribution in [0.15, 0.2) is 48.5 Å². The van der Waals surface area contributed by atoms with Gasteiger partial charge in [0.1, 0.15) is 0 Å². The molecule has 3 heteroatoms. The second-order valence-corrected chi connectivity index (χ2v) is 6.87. The van der Waals surface area contributed by atoms with Gasteiger partial charge >= 0.3 is 0 Å². The van der Waals surface area contributed by atoms with Gasteiger partial charge in [-0.2, -0.15) is 0 Å². The van der Waals surface area contributed by atoms with Crippen molar-refractivity contribution in [3.8, 4) is 0 Å². The summed E-state index contributed by atoms with van der Waals surface area (Å²) in [5.74, 6) is 0. The zero-order valence-electron chi connectivity index (χ0n) is 10.9. The van der Waals surface area contributed by atoms with Crippen LogP contribution < -0.4 is 5.32 Å². The molecule has 0 heterocycles. The minimum absolute atomic E-state index is 0.387. The molecule has 0 spiro atoms. The predicted octanol–water partition coefficient (Wildman–Crippen LogP) is 4.79. The van der Waals surface area contributed by atoms with Crippen molar-refractivity contribution in [3.63, 3.8) is 0 Å². The Balaban J connectivity index is 2.21. The van der Waals surface area contributed by atoms with Crippen LogP contribution in [0, 0.1) is 7.14 Å². The largest absolute Gasteiger partial charge is 0.310 e. The lowest BCUT2D eigenvalue weighted by Gasteiger charge is -2.20. The van der Waals surface area contributed by atoms with Gasteiger partial charge in [-0.15, -0.1) is 0 Å². The lowest BCUT2D eigenvalue weighted by atomic mass is 9.99. The van der Waals surface area contributed by atoms with Crippen LogP contribution >= 0.6 is 45.2 Å². The third kappa shape index (κ3) is 4.43. The van der Waals surface area contributed by atoms with Crippen molar-refractivity contribution < 1.29 is 0 Å². The summed E-state index contributed by atoms with van der Waals surface area (Å²) in [7, 11) is 0. The molecule has 2 rings (SSSR count). The average Bonchev–Trinajstić information content (AvgIpc) is 2.41. The fraction of sp³-hybridized carbons (Fsp3) is 0.250. The van der Waals surface area contributed by atoms with Crippen molar-refractivity contribution in [1.29, 1.82) is 0 Å². The van der Waals surface area contributed by atoms with Crippen molar-refractivity contribution in [1.82, 2.24) is 5.32 Å². The van der Waals surface area contributed by atoms with E-state index in [2.05, 4.69) is 106 Å². The lowest BCUT2D eigenvalue weighted by molar-refractivity contribution is 0.547. The predicted molar refractivity (Wildman–Crippen MR) is 98.4 cm³/mol. The summed E-state index contributed by atoms with van der Waals surface area (Å²) in [5, 5.41) is 3.60. The number of hydrogen-bond acceptors (Lipinski definition) is 1. The van der Waals surface area contributed by atoms with Gasteiger partial charge in [-0.25, -0.2) is 0 Å². The Kier molecular flexibility index (Phi) is 6.09. The molecule has 0 saturated heterocycles. The highest BCUT2D eigenvalue weighted by atomic mass is 127. The Hall–Kier alpha value is -0.140. The molecule has 0 radical (unpaired) electrons. The zero-order valence-corrected chi connectivity index (χ0v) is 15.2. The molecule has 100 valence electrons. The second kappa shape index (κ2) is 7.59. The summed E-state index contributed by atoms with van der Waals surface area (Å²) in [4.78, 5) is 0. The van der Waals surface area contributed by atoms with Crippen LogP contribution in [0.1, 0.15) is 24.1 Å². The van der Waals surface area contributed by atoms with Crippen molar-refractivity contribution >= 4 is 45.2 Å². The van der Waals surface area contributed by atoms with Gasteiger partial charge in [-0.1, -0.05) is 37.3 Å². The van der Waals surface area contributed by atoms with Crippen molar-refractivity contribution in [2.24, 2.45) is 0 Å². The first-order valence-corrected chi connectivity index (χ1v) is 8.58. The first-order valence-electron chi connectivity index (χ1n) is 6.43. The van der Waals surface area contributed by atoms with E-state index in [-0.39, 0.29) is 0 Å². The number of halogens is 2. The minimum atomic E-state index is 0.387. The van der Waals surface area contributed by atoms with Crippen LogP contribution in [-0.2, 0) is 6.42 Å². The van der Waals surface area contributed by atoms with Gasteiger partial charge in [0, 0.05) is 13.2 Å². The molecule has 0 saturated carbocycles. The fourth-order valence-electron chi connectivity index (χ4n) is 2.15. The topological polar surface area (TPSA) is 12.0 Å². The summed E-state index contributed by atoms with van der Waals surface area (Å²) in [6, 6.07) is 17.8. The maximum Gasteiger partial charge on any atom is 0.0371 e. The molecule has 1 atom stereocenters. The van der Waals surface area contributed by atoms with E-state index in [9.17, 15) is 0 Å². The highest BCUT2D eigenvalue weighted by molar-refractivity contribution is 14.1. The number of benzene rings is 2. The molecule has 19 heavy (non-hydrogen) atoms.